The molecule has 0 aromatic rings. The second-order valence-corrected chi connectivity index (χ2v) is 2.78. The lowest BCUT2D eigenvalue weighted by atomic mass is 10.1. The molecular weight excluding hydrogens is 168 g/mol. The highest BCUT2D eigenvalue weighted by Crippen LogP contribution is 2.28. The van der Waals surface area contributed by atoms with Crippen molar-refractivity contribution in [1.29, 1.82) is 0 Å². The summed E-state index contributed by atoms with van der Waals surface area (Å²) in [5.41, 5.74) is 0. The maximum atomic E-state index is 9.25. The minimum atomic E-state index is -2.16. The van der Waals surface area contributed by atoms with Crippen LogP contribution in [0.3, 0.4) is 0 Å². The van der Waals surface area contributed by atoms with Crippen molar-refractivity contribution < 1.29 is 30.3 Å². The molecule has 1 saturated heterocycles. The molecule has 0 saturated carbocycles. The van der Waals surface area contributed by atoms with Crippen molar-refractivity contribution >= 4 is 0 Å². The Balaban J connectivity index is 2.72. The smallest absolute Gasteiger partial charge is 0.219 e. The fourth-order valence-electron chi connectivity index (χ4n) is 1.15. The van der Waals surface area contributed by atoms with E-state index in [9.17, 15) is 5.11 Å². The Hall–Kier alpha value is -0.240. The monoisotopic (exact) mass is 180 g/mol. The Morgan fingerprint density at radius 1 is 1.25 bits per heavy atom. The van der Waals surface area contributed by atoms with Crippen LogP contribution in [0.25, 0.3) is 0 Å². The third-order valence-electron chi connectivity index (χ3n) is 1.93. The molecule has 1 aliphatic rings. The SMILES string of the molecule is OCC1OC(O)(CO)[C@@H](O)[C@H]1O. The standard InChI is InChI=1S/C6H12O6/c7-1-3-4(9)5(10)6(11,2-8)12-3/h3-5,7-11H,1-2H2/t3?,4-,5-,6?/m0/s1. The number of aliphatic hydroxyl groups excluding tert-OH is 4. The largest absolute Gasteiger partial charge is 0.394 e. The molecule has 2 unspecified atom stereocenters. The van der Waals surface area contributed by atoms with E-state index in [1.54, 1.807) is 0 Å². The molecule has 1 rings (SSSR count). The summed E-state index contributed by atoms with van der Waals surface area (Å²) in [5.74, 6) is -2.16. The molecule has 6 heteroatoms. The van der Waals surface area contributed by atoms with E-state index in [2.05, 4.69) is 4.74 Å². The molecule has 4 atom stereocenters. The van der Waals surface area contributed by atoms with E-state index in [1.807, 2.05) is 0 Å². The molecule has 1 fully saturated rings. The first-order chi connectivity index (χ1) is 5.55. The average Bonchev–Trinajstić information content (AvgIpc) is 2.31. The summed E-state index contributed by atoms with van der Waals surface area (Å²) in [6.07, 6.45) is -4.04. The quantitative estimate of drug-likeness (QED) is 0.306. The van der Waals surface area contributed by atoms with Gasteiger partial charge in [0, 0.05) is 0 Å². The van der Waals surface area contributed by atoms with Crippen LogP contribution in [0, 0.1) is 0 Å². The van der Waals surface area contributed by atoms with Crippen LogP contribution < -0.4 is 0 Å². The van der Waals surface area contributed by atoms with Gasteiger partial charge in [-0.2, -0.15) is 0 Å². The van der Waals surface area contributed by atoms with Gasteiger partial charge in [-0.25, -0.2) is 0 Å². The van der Waals surface area contributed by atoms with Gasteiger partial charge in [-0.05, 0) is 0 Å². The summed E-state index contributed by atoms with van der Waals surface area (Å²) in [6.45, 7) is -1.36. The van der Waals surface area contributed by atoms with E-state index < -0.39 is 37.3 Å². The zero-order chi connectivity index (χ0) is 9.35. The summed E-state index contributed by atoms with van der Waals surface area (Å²) >= 11 is 0. The first-order valence-electron chi connectivity index (χ1n) is 3.53. The Morgan fingerprint density at radius 2 is 1.83 bits per heavy atom. The van der Waals surface area contributed by atoms with Crippen LogP contribution in [0.5, 0.6) is 0 Å². The maximum absolute atomic E-state index is 9.25. The van der Waals surface area contributed by atoms with Crippen molar-refractivity contribution in [2.45, 2.75) is 24.1 Å². The Bertz CT molecular complexity index is 162. The highest BCUT2D eigenvalue weighted by Gasteiger charge is 2.52. The van der Waals surface area contributed by atoms with Crippen LogP contribution in [0.4, 0.5) is 0 Å². The molecule has 1 heterocycles. The van der Waals surface area contributed by atoms with Crippen LogP contribution in [0.2, 0.25) is 0 Å². The molecular formula is C6H12O6. The van der Waals surface area contributed by atoms with E-state index in [-0.39, 0.29) is 0 Å². The molecule has 0 aliphatic carbocycles. The van der Waals surface area contributed by atoms with Gasteiger partial charge in [0.15, 0.2) is 0 Å². The lowest BCUT2D eigenvalue weighted by Gasteiger charge is -2.22. The van der Waals surface area contributed by atoms with Gasteiger partial charge < -0.3 is 30.3 Å². The Labute approximate surface area is 68.6 Å². The van der Waals surface area contributed by atoms with Crippen molar-refractivity contribution in [3.63, 3.8) is 0 Å². The van der Waals surface area contributed by atoms with Crippen molar-refractivity contribution in [2.75, 3.05) is 13.2 Å². The normalized spacial score (nSPS) is 48.2. The summed E-state index contributed by atoms with van der Waals surface area (Å²) in [4.78, 5) is 0. The van der Waals surface area contributed by atoms with Gasteiger partial charge in [-0.3, -0.25) is 0 Å². The highest BCUT2D eigenvalue weighted by molar-refractivity contribution is 4.94. The second-order valence-electron chi connectivity index (χ2n) is 2.78. The molecule has 0 radical (unpaired) electrons. The molecule has 5 N–H and O–H groups in total. The molecule has 0 spiro atoms. The Kier molecular flexibility index (Phi) is 2.67. The molecule has 12 heavy (non-hydrogen) atoms. The van der Waals surface area contributed by atoms with E-state index >= 15 is 0 Å². The minimum absolute atomic E-state index is 0.527. The van der Waals surface area contributed by atoms with E-state index in [0.717, 1.165) is 0 Å². The molecule has 0 amide bonds. The number of ether oxygens (including phenoxy) is 1. The van der Waals surface area contributed by atoms with Crippen LogP contribution in [0.15, 0.2) is 0 Å². The van der Waals surface area contributed by atoms with Crippen molar-refractivity contribution in [3.8, 4) is 0 Å². The zero-order valence-corrected chi connectivity index (χ0v) is 6.29. The van der Waals surface area contributed by atoms with Gasteiger partial charge >= 0.3 is 0 Å². The molecule has 6 nitrogen and oxygen atoms in total. The van der Waals surface area contributed by atoms with E-state index in [0.29, 0.717) is 0 Å². The fourth-order valence-corrected chi connectivity index (χ4v) is 1.15. The molecule has 0 aromatic carbocycles. The minimum Gasteiger partial charge on any atom is -0.394 e. The lowest BCUT2D eigenvalue weighted by Crippen LogP contribution is -2.46. The first-order valence-corrected chi connectivity index (χ1v) is 3.53. The summed E-state index contributed by atoms with van der Waals surface area (Å²) < 4.78 is 4.63. The van der Waals surface area contributed by atoms with Gasteiger partial charge in [0.25, 0.3) is 0 Å². The number of rotatable bonds is 2. The van der Waals surface area contributed by atoms with Gasteiger partial charge in [0.05, 0.1) is 13.2 Å². The van der Waals surface area contributed by atoms with Crippen LogP contribution in [0.1, 0.15) is 0 Å². The Morgan fingerprint density at radius 3 is 2.08 bits per heavy atom. The molecule has 1 aliphatic heterocycles. The maximum Gasteiger partial charge on any atom is 0.219 e. The van der Waals surface area contributed by atoms with E-state index in [4.69, 9.17) is 20.4 Å². The van der Waals surface area contributed by atoms with Crippen LogP contribution in [-0.4, -0.2) is 62.8 Å². The van der Waals surface area contributed by atoms with Gasteiger partial charge in [-0.15, -0.1) is 0 Å². The lowest BCUT2D eigenvalue weighted by molar-refractivity contribution is -0.248. The van der Waals surface area contributed by atoms with Crippen LogP contribution >= 0.6 is 0 Å². The first kappa shape index (κ1) is 9.85. The van der Waals surface area contributed by atoms with Crippen molar-refractivity contribution in [3.05, 3.63) is 0 Å². The topological polar surface area (TPSA) is 110 Å². The number of hydrogen-bond acceptors (Lipinski definition) is 6. The van der Waals surface area contributed by atoms with Gasteiger partial charge in [-0.1, -0.05) is 0 Å². The zero-order valence-electron chi connectivity index (χ0n) is 6.29. The molecule has 72 valence electrons. The summed E-state index contributed by atoms with van der Waals surface area (Å²) in [5, 5.41) is 44.7. The summed E-state index contributed by atoms with van der Waals surface area (Å²) in [7, 11) is 0. The third-order valence-corrected chi connectivity index (χ3v) is 1.93. The molecule has 0 bridgehead atoms. The second kappa shape index (κ2) is 3.25. The number of aliphatic hydroxyl groups is 5. The fraction of sp³-hybridized carbons (Fsp3) is 1.00. The number of hydrogen-bond donors (Lipinski definition) is 5. The predicted molar refractivity (Wildman–Crippen MR) is 36.0 cm³/mol. The highest BCUT2D eigenvalue weighted by atomic mass is 16.7. The average molecular weight is 180 g/mol. The third kappa shape index (κ3) is 1.33. The van der Waals surface area contributed by atoms with Gasteiger partial charge in [0.1, 0.15) is 18.3 Å². The predicted octanol–water partition coefficient (Wildman–Crippen LogP) is -3.22. The van der Waals surface area contributed by atoms with Crippen molar-refractivity contribution in [1.82, 2.24) is 0 Å². The van der Waals surface area contributed by atoms with E-state index in [1.165, 1.54) is 0 Å². The van der Waals surface area contributed by atoms with Crippen LogP contribution in [-0.2, 0) is 4.74 Å². The van der Waals surface area contributed by atoms with Crippen molar-refractivity contribution in [2.24, 2.45) is 0 Å². The van der Waals surface area contributed by atoms with Gasteiger partial charge in [0.2, 0.25) is 5.79 Å². The summed E-state index contributed by atoms with van der Waals surface area (Å²) in [6, 6.07) is 0. The molecule has 0 aromatic heterocycles.